The number of halogens is 2. The van der Waals surface area contributed by atoms with E-state index in [2.05, 4.69) is 20.9 Å². The number of benzene rings is 1. The summed E-state index contributed by atoms with van der Waals surface area (Å²) in [6.07, 6.45) is 0.970. The molecule has 0 atom stereocenters. The van der Waals surface area contributed by atoms with Gasteiger partial charge in [0.1, 0.15) is 5.75 Å². The molecule has 0 fully saturated rings. The molecule has 0 amide bonds. The van der Waals surface area contributed by atoms with E-state index in [4.69, 9.17) is 21.4 Å². The Morgan fingerprint density at radius 1 is 1.43 bits per heavy atom. The first-order chi connectivity index (χ1) is 9.88. The molecule has 0 radical (unpaired) electrons. The molecule has 0 spiro atoms. The summed E-state index contributed by atoms with van der Waals surface area (Å²) in [6.45, 7) is 0. The molecule has 0 bridgehead atoms. The summed E-state index contributed by atoms with van der Waals surface area (Å²) in [5.74, 6) is -1.49. The van der Waals surface area contributed by atoms with Crippen LogP contribution in [0.3, 0.4) is 0 Å². The van der Waals surface area contributed by atoms with Crippen LogP contribution in [0.25, 0.3) is 0 Å². The molecule has 0 aliphatic carbocycles. The van der Waals surface area contributed by atoms with Gasteiger partial charge >= 0.3 is 11.7 Å². The summed E-state index contributed by atoms with van der Waals surface area (Å²) in [7, 11) is 0. The number of rotatable bonds is 4. The molecule has 108 valence electrons. The lowest BCUT2D eigenvalue weighted by Gasteiger charge is -2.07. The fourth-order valence-corrected chi connectivity index (χ4v) is 2.14. The summed E-state index contributed by atoms with van der Waals surface area (Å²) < 4.78 is 6.00. The van der Waals surface area contributed by atoms with Crippen molar-refractivity contribution in [2.24, 2.45) is 0 Å². The quantitative estimate of drug-likeness (QED) is 0.644. The van der Waals surface area contributed by atoms with Crippen molar-refractivity contribution in [3.8, 4) is 11.6 Å². The molecule has 0 aliphatic rings. The standard InChI is InChI=1S/C12H6BrClN2O5/c13-7-1-2-10(8(14)4-7)21-11-9(16(19)20)3-6(5-15-11)12(17)18/h1-5H,(H,17,18). The van der Waals surface area contributed by atoms with Gasteiger partial charge in [0.05, 0.1) is 15.5 Å². The highest BCUT2D eigenvalue weighted by molar-refractivity contribution is 9.10. The Hall–Kier alpha value is -2.19. The largest absolute Gasteiger partial charge is 0.478 e. The van der Waals surface area contributed by atoms with E-state index in [9.17, 15) is 14.9 Å². The van der Waals surface area contributed by atoms with E-state index >= 15 is 0 Å². The van der Waals surface area contributed by atoms with Crippen LogP contribution in [0.4, 0.5) is 5.69 Å². The van der Waals surface area contributed by atoms with Gasteiger partial charge in [0, 0.05) is 16.7 Å². The van der Waals surface area contributed by atoms with E-state index in [1.165, 1.54) is 6.07 Å². The van der Waals surface area contributed by atoms with E-state index in [0.717, 1.165) is 12.3 Å². The number of nitro groups is 1. The Kier molecular flexibility index (Phi) is 4.39. The van der Waals surface area contributed by atoms with Crippen LogP contribution in [0.1, 0.15) is 10.4 Å². The topological polar surface area (TPSA) is 103 Å². The van der Waals surface area contributed by atoms with Crippen molar-refractivity contribution < 1.29 is 19.6 Å². The van der Waals surface area contributed by atoms with Crippen molar-refractivity contribution in [2.45, 2.75) is 0 Å². The summed E-state index contributed by atoms with van der Waals surface area (Å²) in [6, 6.07) is 5.56. The number of pyridine rings is 1. The number of aromatic nitrogens is 1. The van der Waals surface area contributed by atoms with E-state index in [1.807, 2.05) is 0 Å². The molecule has 1 aromatic carbocycles. The minimum Gasteiger partial charge on any atom is -0.478 e. The molecule has 9 heteroatoms. The predicted molar refractivity (Wildman–Crippen MR) is 77.1 cm³/mol. The van der Waals surface area contributed by atoms with Crippen LogP contribution < -0.4 is 4.74 Å². The van der Waals surface area contributed by atoms with E-state index in [1.54, 1.807) is 12.1 Å². The van der Waals surface area contributed by atoms with Gasteiger partial charge in [-0.25, -0.2) is 9.78 Å². The first kappa shape index (κ1) is 15.2. The van der Waals surface area contributed by atoms with Crippen LogP contribution in [0.15, 0.2) is 34.9 Å². The summed E-state index contributed by atoms with van der Waals surface area (Å²) in [5.41, 5.74) is -0.871. The molecule has 0 unspecified atom stereocenters. The van der Waals surface area contributed by atoms with Gasteiger partial charge in [-0.05, 0) is 18.2 Å². The number of carbonyl (C=O) groups is 1. The molecule has 1 heterocycles. The number of ether oxygens (including phenoxy) is 1. The van der Waals surface area contributed by atoms with Gasteiger partial charge in [0.15, 0.2) is 0 Å². The highest BCUT2D eigenvalue weighted by Gasteiger charge is 2.21. The molecule has 0 saturated carbocycles. The molecular weight excluding hydrogens is 367 g/mol. The van der Waals surface area contributed by atoms with Gasteiger partial charge in [-0.1, -0.05) is 27.5 Å². The van der Waals surface area contributed by atoms with Crippen LogP contribution in [0, 0.1) is 10.1 Å². The lowest BCUT2D eigenvalue weighted by molar-refractivity contribution is -0.386. The van der Waals surface area contributed by atoms with Gasteiger partial charge in [0.25, 0.3) is 5.88 Å². The average Bonchev–Trinajstić information content (AvgIpc) is 2.41. The maximum atomic E-state index is 11.0. The molecule has 7 nitrogen and oxygen atoms in total. The van der Waals surface area contributed by atoms with Crippen molar-refractivity contribution >= 4 is 39.2 Å². The average molecular weight is 374 g/mol. The Balaban J connectivity index is 2.44. The first-order valence-electron chi connectivity index (χ1n) is 5.39. The first-order valence-corrected chi connectivity index (χ1v) is 6.56. The molecule has 1 N–H and O–H groups in total. The second kappa shape index (κ2) is 6.06. The number of carboxylic acids is 1. The van der Waals surface area contributed by atoms with Gasteiger partial charge in [0.2, 0.25) is 0 Å². The fourth-order valence-electron chi connectivity index (χ4n) is 1.43. The molecule has 1 aromatic heterocycles. The summed E-state index contributed by atoms with van der Waals surface area (Å²) >= 11 is 9.16. The highest BCUT2D eigenvalue weighted by atomic mass is 79.9. The van der Waals surface area contributed by atoms with Crippen LogP contribution in [0.2, 0.25) is 5.02 Å². The summed E-state index contributed by atoms with van der Waals surface area (Å²) in [5, 5.41) is 20.0. The third kappa shape index (κ3) is 3.47. The van der Waals surface area contributed by atoms with Crippen molar-refractivity contribution in [3.05, 3.63) is 55.6 Å². The van der Waals surface area contributed by atoms with Crippen LogP contribution in [-0.2, 0) is 0 Å². The monoisotopic (exact) mass is 372 g/mol. The number of carboxylic acid groups (broad SMARTS) is 1. The van der Waals surface area contributed by atoms with Crippen molar-refractivity contribution in [2.75, 3.05) is 0 Å². The van der Waals surface area contributed by atoms with E-state index in [-0.39, 0.29) is 22.2 Å². The zero-order chi connectivity index (χ0) is 15.6. The third-order valence-corrected chi connectivity index (χ3v) is 3.17. The zero-order valence-electron chi connectivity index (χ0n) is 10.1. The number of hydrogen-bond donors (Lipinski definition) is 1. The second-order valence-corrected chi connectivity index (χ2v) is 5.11. The molecule has 2 rings (SSSR count). The van der Waals surface area contributed by atoms with Crippen LogP contribution in [0.5, 0.6) is 11.6 Å². The van der Waals surface area contributed by atoms with Gasteiger partial charge < -0.3 is 9.84 Å². The van der Waals surface area contributed by atoms with E-state index < -0.39 is 16.6 Å². The van der Waals surface area contributed by atoms with Gasteiger partial charge in [-0.2, -0.15) is 0 Å². The molecule has 0 aliphatic heterocycles. The molecule has 0 saturated heterocycles. The Labute approximate surface area is 131 Å². The predicted octanol–water partition coefficient (Wildman–Crippen LogP) is 3.90. The zero-order valence-corrected chi connectivity index (χ0v) is 12.5. The maximum Gasteiger partial charge on any atom is 0.337 e. The number of hydrogen-bond acceptors (Lipinski definition) is 5. The normalized spacial score (nSPS) is 10.2. The number of aromatic carboxylic acids is 1. The molecule has 2 aromatic rings. The van der Waals surface area contributed by atoms with Gasteiger partial charge in [-0.15, -0.1) is 0 Å². The SMILES string of the molecule is O=C(O)c1cnc(Oc2ccc(Br)cc2Cl)c([N+](=O)[O-])c1. The van der Waals surface area contributed by atoms with Crippen molar-refractivity contribution in [1.29, 1.82) is 0 Å². The van der Waals surface area contributed by atoms with Gasteiger partial charge in [-0.3, -0.25) is 10.1 Å². The molecule has 21 heavy (non-hydrogen) atoms. The van der Waals surface area contributed by atoms with E-state index in [0.29, 0.717) is 4.47 Å². The minimum absolute atomic E-state index is 0.165. The Bertz CT molecular complexity index is 738. The molecular formula is C12H6BrClN2O5. The second-order valence-electron chi connectivity index (χ2n) is 3.79. The fraction of sp³-hybridized carbons (Fsp3) is 0. The highest BCUT2D eigenvalue weighted by Crippen LogP contribution is 2.34. The minimum atomic E-state index is -1.32. The smallest absolute Gasteiger partial charge is 0.337 e. The third-order valence-electron chi connectivity index (χ3n) is 2.38. The Morgan fingerprint density at radius 3 is 2.71 bits per heavy atom. The van der Waals surface area contributed by atoms with Crippen LogP contribution in [-0.4, -0.2) is 21.0 Å². The van der Waals surface area contributed by atoms with Crippen LogP contribution >= 0.6 is 27.5 Å². The Morgan fingerprint density at radius 2 is 2.14 bits per heavy atom. The lowest BCUT2D eigenvalue weighted by atomic mass is 10.2. The van der Waals surface area contributed by atoms with Crippen molar-refractivity contribution in [1.82, 2.24) is 4.98 Å². The summed E-state index contributed by atoms with van der Waals surface area (Å²) in [4.78, 5) is 24.7. The number of nitrogens with zero attached hydrogens (tertiary/aromatic N) is 2. The maximum absolute atomic E-state index is 11.0. The van der Waals surface area contributed by atoms with Crippen molar-refractivity contribution in [3.63, 3.8) is 0 Å². The lowest BCUT2D eigenvalue weighted by Crippen LogP contribution is -2.02.